The van der Waals surface area contributed by atoms with Crippen molar-refractivity contribution in [2.75, 3.05) is 6.61 Å². The van der Waals surface area contributed by atoms with Gasteiger partial charge in [-0.25, -0.2) is 0 Å². The molecule has 1 aromatic carbocycles. The lowest BCUT2D eigenvalue weighted by molar-refractivity contribution is 0.343. The highest BCUT2D eigenvalue weighted by atomic mass is 16.2. The van der Waals surface area contributed by atoms with Crippen molar-refractivity contribution in [3.63, 3.8) is 0 Å². The molecule has 0 heterocycles. The highest BCUT2D eigenvalue weighted by Gasteiger charge is 2.17. The van der Waals surface area contributed by atoms with E-state index in [1.165, 1.54) is 16.7 Å². The summed E-state index contributed by atoms with van der Waals surface area (Å²) in [5.41, 5.74) is 10.0. The molecule has 0 bridgehead atoms. The van der Waals surface area contributed by atoms with Crippen LogP contribution in [0.25, 0.3) is 0 Å². The Hall–Kier alpha value is -1.38. The molecule has 0 aliphatic heterocycles. The molecule has 1 aromatic rings. The molecule has 2 heteroatoms. The molecule has 2 nitrogen and oxygen atoms in total. The van der Waals surface area contributed by atoms with Gasteiger partial charge in [-0.2, -0.15) is 0 Å². The zero-order valence-corrected chi connectivity index (χ0v) is 12.8. The van der Waals surface area contributed by atoms with Gasteiger partial charge < -0.3 is 10.8 Å². The predicted molar refractivity (Wildman–Crippen MR) is 86.7 cm³/mol. The maximum Gasteiger partial charge on any atom is 0.0615 e. The number of hydrogen-bond donors (Lipinski definition) is 2. The summed E-state index contributed by atoms with van der Waals surface area (Å²) in [5, 5.41) is 8.85. The molecular formula is C18H27NO. The van der Waals surface area contributed by atoms with Crippen LogP contribution in [-0.2, 0) is 0 Å². The summed E-state index contributed by atoms with van der Waals surface area (Å²) in [6.07, 6.45) is 7.89. The quantitative estimate of drug-likeness (QED) is 0.735. The number of benzene rings is 1. The Morgan fingerprint density at radius 3 is 2.40 bits per heavy atom. The van der Waals surface area contributed by atoms with Gasteiger partial charge in [-0.15, -0.1) is 0 Å². The Kier molecular flexibility index (Phi) is 7.27. The zero-order valence-electron chi connectivity index (χ0n) is 12.8. The van der Waals surface area contributed by atoms with E-state index in [1.54, 1.807) is 6.08 Å². The first-order valence-electron chi connectivity index (χ1n) is 7.46. The minimum atomic E-state index is 0.0475. The summed E-state index contributed by atoms with van der Waals surface area (Å²) in [4.78, 5) is 0. The summed E-state index contributed by atoms with van der Waals surface area (Å²) in [6, 6.07) is 8.49. The number of aliphatic hydroxyl groups is 1. The molecule has 3 N–H and O–H groups in total. The van der Waals surface area contributed by atoms with E-state index in [-0.39, 0.29) is 12.6 Å². The Morgan fingerprint density at radius 1 is 1.25 bits per heavy atom. The number of nitrogens with two attached hydrogens (primary N) is 1. The molecule has 20 heavy (non-hydrogen) atoms. The van der Waals surface area contributed by atoms with Crippen molar-refractivity contribution < 1.29 is 5.11 Å². The molecule has 0 saturated carbocycles. The van der Waals surface area contributed by atoms with Crippen molar-refractivity contribution >= 4 is 0 Å². The van der Waals surface area contributed by atoms with Gasteiger partial charge in [0.05, 0.1) is 6.61 Å². The second kappa shape index (κ2) is 8.72. The molecular weight excluding hydrogens is 246 g/mol. The maximum atomic E-state index is 8.85. The summed E-state index contributed by atoms with van der Waals surface area (Å²) in [6.45, 7) is 6.50. The first-order valence-corrected chi connectivity index (χ1v) is 7.46. The van der Waals surface area contributed by atoms with Crippen LogP contribution >= 0.6 is 0 Å². The van der Waals surface area contributed by atoms with Gasteiger partial charge in [0.15, 0.2) is 0 Å². The third-order valence-electron chi connectivity index (χ3n) is 3.68. The van der Waals surface area contributed by atoms with Crippen LogP contribution in [0.1, 0.15) is 56.7 Å². The fraction of sp³-hybridized carbons (Fsp3) is 0.444. The number of allylic oxidation sites excluding steroid dienone is 3. The van der Waals surface area contributed by atoms with Crippen molar-refractivity contribution in [3.05, 3.63) is 59.2 Å². The molecule has 0 spiro atoms. The van der Waals surface area contributed by atoms with Gasteiger partial charge >= 0.3 is 0 Å². The Labute approximate surface area is 123 Å². The Bertz CT molecular complexity index is 460. The fourth-order valence-corrected chi connectivity index (χ4v) is 2.66. The van der Waals surface area contributed by atoms with Crippen molar-refractivity contribution in [1.82, 2.24) is 0 Å². The van der Waals surface area contributed by atoms with Crippen LogP contribution in [0.5, 0.6) is 0 Å². The van der Waals surface area contributed by atoms with E-state index < -0.39 is 0 Å². The number of rotatable bonds is 7. The molecule has 0 saturated heterocycles. The normalized spacial score (nSPS) is 15.6. The summed E-state index contributed by atoms with van der Waals surface area (Å²) >= 11 is 0. The average Bonchev–Trinajstić information content (AvgIpc) is 2.46. The van der Waals surface area contributed by atoms with Gasteiger partial charge in [0.25, 0.3) is 0 Å². The minimum Gasteiger partial charge on any atom is -0.392 e. The molecule has 2 unspecified atom stereocenters. The van der Waals surface area contributed by atoms with Crippen LogP contribution in [0.3, 0.4) is 0 Å². The van der Waals surface area contributed by atoms with Crippen LogP contribution in [0.2, 0.25) is 0 Å². The molecule has 0 aliphatic rings. The van der Waals surface area contributed by atoms with Crippen molar-refractivity contribution in [3.8, 4) is 0 Å². The molecule has 0 aliphatic carbocycles. The second-order valence-electron chi connectivity index (χ2n) is 5.08. The van der Waals surface area contributed by atoms with Crippen LogP contribution in [0, 0.1) is 0 Å². The monoisotopic (exact) mass is 273 g/mol. The molecule has 0 fully saturated rings. The van der Waals surface area contributed by atoms with Gasteiger partial charge in [-0.3, -0.25) is 0 Å². The molecule has 0 aromatic heterocycles. The first kappa shape index (κ1) is 16.7. The molecule has 0 radical (unpaired) electrons. The van der Waals surface area contributed by atoms with E-state index in [0.717, 1.165) is 12.8 Å². The largest absolute Gasteiger partial charge is 0.392 e. The van der Waals surface area contributed by atoms with Crippen LogP contribution < -0.4 is 5.73 Å². The van der Waals surface area contributed by atoms with E-state index >= 15 is 0 Å². The fourth-order valence-electron chi connectivity index (χ4n) is 2.66. The van der Waals surface area contributed by atoms with Crippen molar-refractivity contribution in [1.29, 1.82) is 0 Å². The lowest BCUT2D eigenvalue weighted by atomic mass is 9.83. The first-order chi connectivity index (χ1) is 9.65. The summed E-state index contributed by atoms with van der Waals surface area (Å²) in [5.74, 6) is 0.394. The maximum absolute atomic E-state index is 8.85. The molecule has 2 atom stereocenters. The highest BCUT2D eigenvalue weighted by Crippen LogP contribution is 2.33. The van der Waals surface area contributed by atoms with Gasteiger partial charge in [0, 0.05) is 12.0 Å². The summed E-state index contributed by atoms with van der Waals surface area (Å²) in [7, 11) is 0. The molecule has 1 rings (SSSR count). The van der Waals surface area contributed by atoms with E-state index in [0.29, 0.717) is 5.92 Å². The van der Waals surface area contributed by atoms with E-state index in [4.69, 9.17) is 10.8 Å². The van der Waals surface area contributed by atoms with Crippen LogP contribution in [-0.4, -0.2) is 11.7 Å². The Morgan fingerprint density at radius 2 is 1.90 bits per heavy atom. The van der Waals surface area contributed by atoms with E-state index in [1.807, 2.05) is 13.0 Å². The SMILES string of the molecule is CC/C(=C\C=C/CO)C(CC)c1ccccc1C(C)N. The van der Waals surface area contributed by atoms with Crippen LogP contribution in [0.4, 0.5) is 0 Å². The Balaban J connectivity index is 3.17. The minimum absolute atomic E-state index is 0.0475. The molecule has 110 valence electrons. The van der Waals surface area contributed by atoms with Gasteiger partial charge in [-0.05, 0) is 30.9 Å². The van der Waals surface area contributed by atoms with Gasteiger partial charge in [0.2, 0.25) is 0 Å². The smallest absolute Gasteiger partial charge is 0.0615 e. The number of hydrogen-bond acceptors (Lipinski definition) is 2. The average molecular weight is 273 g/mol. The molecule has 0 amide bonds. The highest BCUT2D eigenvalue weighted by molar-refractivity contribution is 5.38. The van der Waals surface area contributed by atoms with Crippen molar-refractivity contribution in [2.24, 2.45) is 5.73 Å². The van der Waals surface area contributed by atoms with E-state index in [9.17, 15) is 0 Å². The topological polar surface area (TPSA) is 46.2 Å². The van der Waals surface area contributed by atoms with E-state index in [2.05, 4.69) is 44.2 Å². The summed E-state index contributed by atoms with van der Waals surface area (Å²) < 4.78 is 0. The second-order valence-corrected chi connectivity index (χ2v) is 5.08. The standard InChI is InChI=1S/C18H27NO/c1-4-15(10-8-9-13-20)16(5-2)18-12-7-6-11-17(18)14(3)19/h6-12,14,16,20H,4-5,13,19H2,1-3H3/b9-8-,15-10+. The lowest BCUT2D eigenvalue weighted by Gasteiger charge is -2.23. The van der Waals surface area contributed by atoms with Gasteiger partial charge in [0.1, 0.15) is 0 Å². The number of aliphatic hydroxyl groups excluding tert-OH is 1. The predicted octanol–water partition coefficient (Wildman–Crippen LogP) is 4.08. The third kappa shape index (κ3) is 4.32. The lowest BCUT2D eigenvalue weighted by Crippen LogP contribution is -2.12. The van der Waals surface area contributed by atoms with Crippen molar-refractivity contribution in [2.45, 2.75) is 45.6 Å². The third-order valence-corrected chi connectivity index (χ3v) is 3.68. The van der Waals surface area contributed by atoms with Crippen LogP contribution in [0.15, 0.2) is 48.1 Å². The zero-order chi connectivity index (χ0) is 15.0. The van der Waals surface area contributed by atoms with Gasteiger partial charge in [-0.1, -0.05) is 61.9 Å².